The normalized spacial score (nSPS) is 11.6. The molecule has 0 spiro atoms. The SMILES string of the molecule is CC(=O)NCCNCc1cc(C)c(OCc2cccc(-c3ccc4c(c3)OCCO4)c2C#N)cc1OCc1cncc(C#N)c1. The monoisotopic (exact) mass is 603 g/mol. The molecule has 1 aliphatic heterocycles. The van der Waals surface area contributed by atoms with E-state index in [0.717, 1.165) is 33.4 Å². The molecule has 4 aromatic rings. The van der Waals surface area contributed by atoms with Crippen LogP contribution in [0.15, 0.2) is 67.0 Å². The highest BCUT2D eigenvalue weighted by atomic mass is 16.6. The number of carbonyl (C=O) groups excluding carboxylic acids is 1. The van der Waals surface area contributed by atoms with Gasteiger partial charge in [-0.2, -0.15) is 10.5 Å². The van der Waals surface area contributed by atoms with Crippen molar-refractivity contribution in [3.8, 4) is 46.3 Å². The molecule has 2 N–H and O–H groups in total. The van der Waals surface area contributed by atoms with Crippen molar-refractivity contribution in [2.75, 3.05) is 26.3 Å². The summed E-state index contributed by atoms with van der Waals surface area (Å²) in [5, 5.41) is 25.5. The third kappa shape index (κ3) is 7.88. The van der Waals surface area contributed by atoms with Crippen LogP contribution in [0.25, 0.3) is 11.1 Å². The first-order chi connectivity index (χ1) is 21.9. The minimum atomic E-state index is -0.0808. The van der Waals surface area contributed by atoms with Gasteiger partial charge in [-0.05, 0) is 47.9 Å². The Bertz CT molecular complexity index is 1780. The number of nitriles is 2. The van der Waals surface area contributed by atoms with E-state index in [4.69, 9.17) is 18.9 Å². The molecule has 0 saturated carbocycles. The van der Waals surface area contributed by atoms with Crippen molar-refractivity contribution in [1.82, 2.24) is 15.6 Å². The molecule has 0 aliphatic carbocycles. The fourth-order valence-electron chi connectivity index (χ4n) is 4.96. The number of aromatic nitrogens is 1. The van der Waals surface area contributed by atoms with E-state index in [1.807, 2.05) is 55.5 Å². The zero-order valence-corrected chi connectivity index (χ0v) is 25.2. The number of aryl methyl sites for hydroxylation is 1. The van der Waals surface area contributed by atoms with Crippen LogP contribution in [0, 0.1) is 29.6 Å². The van der Waals surface area contributed by atoms with Crippen molar-refractivity contribution in [2.24, 2.45) is 0 Å². The fraction of sp³-hybridized carbons (Fsp3) is 0.257. The van der Waals surface area contributed by atoms with E-state index in [9.17, 15) is 15.3 Å². The van der Waals surface area contributed by atoms with Gasteiger partial charge < -0.3 is 29.6 Å². The number of amides is 1. The number of hydrogen-bond donors (Lipinski definition) is 2. The van der Waals surface area contributed by atoms with E-state index in [1.165, 1.54) is 13.1 Å². The Hall–Kier alpha value is -5.58. The summed E-state index contributed by atoms with van der Waals surface area (Å²) in [4.78, 5) is 15.3. The van der Waals surface area contributed by atoms with Gasteiger partial charge in [0, 0.05) is 61.7 Å². The smallest absolute Gasteiger partial charge is 0.216 e. The number of hydrogen-bond acceptors (Lipinski definition) is 9. The summed E-state index contributed by atoms with van der Waals surface area (Å²) in [5.41, 5.74) is 5.93. The summed E-state index contributed by atoms with van der Waals surface area (Å²) in [7, 11) is 0. The number of nitrogens with zero attached hydrogens (tertiary/aromatic N) is 3. The third-order valence-corrected chi connectivity index (χ3v) is 7.17. The Morgan fingerprint density at radius 3 is 2.53 bits per heavy atom. The van der Waals surface area contributed by atoms with Gasteiger partial charge in [-0.3, -0.25) is 9.78 Å². The molecule has 0 radical (unpaired) electrons. The molecule has 45 heavy (non-hydrogen) atoms. The van der Waals surface area contributed by atoms with Crippen LogP contribution < -0.4 is 29.6 Å². The van der Waals surface area contributed by atoms with Gasteiger partial charge in [-0.25, -0.2) is 0 Å². The number of rotatable bonds is 12. The first-order valence-electron chi connectivity index (χ1n) is 14.6. The van der Waals surface area contributed by atoms with Crippen molar-refractivity contribution in [2.45, 2.75) is 33.6 Å². The van der Waals surface area contributed by atoms with Gasteiger partial charge in [0.05, 0.1) is 11.1 Å². The van der Waals surface area contributed by atoms with Crippen LogP contribution in [0.3, 0.4) is 0 Å². The quantitative estimate of drug-likeness (QED) is 0.215. The lowest BCUT2D eigenvalue weighted by Gasteiger charge is -2.19. The van der Waals surface area contributed by atoms with Crippen LogP contribution in [0.4, 0.5) is 0 Å². The Morgan fingerprint density at radius 1 is 0.911 bits per heavy atom. The molecule has 10 nitrogen and oxygen atoms in total. The second-order valence-electron chi connectivity index (χ2n) is 10.5. The van der Waals surface area contributed by atoms with Gasteiger partial charge in [0.15, 0.2) is 11.5 Å². The lowest BCUT2D eigenvalue weighted by Crippen LogP contribution is -2.30. The van der Waals surface area contributed by atoms with Gasteiger partial charge in [-0.1, -0.05) is 24.3 Å². The maximum Gasteiger partial charge on any atom is 0.216 e. The minimum absolute atomic E-state index is 0.0808. The van der Waals surface area contributed by atoms with Crippen LogP contribution in [-0.2, 0) is 24.6 Å². The Morgan fingerprint density at radius 2 is 1.73 bits per heavy atom. The zero-order chi connectivity index (χ0) is 31.6. The van der Waals surface area contributed by atoms with Crippen LogP contribution >= 0.6 is 0 Å². The van der Waals surface area contributed by atoms with E-state index in [-0.39, 0.29) is 19.1 Å². The van der Waals surface area contributed by atoms with Gasteiger partial charge in [-0.15, -0.1) is 0 Å². The number of carbonyl (C=O) groups is 1. The molecular weight excluding hydrogens is 570 g/mol. The van der Waals surface area contributed by atoms with Crippen molar-refractivity contribution < 1.29 is 23.7 Å². The molecule has 0 bridgehead atoms. The lowest BCUT2D eigenvalue weighted by atomic mass is 9.96. The number of benzene rings is 3. The summed E-state index contributed by atoms with van der Waals surface area (Å²) in [6, 6.07) is 21.4. The van der Waals surface area contributed by atoms with Crippen LogP contribution in [0.2, 0.25) is 0 Å². The maximum atomic E-state index is 11.2. The van der Waals surface area contributed by atoms with Crippen LogP contribution in [0.1, 0.15) is 40.3 Å². The van der Waals surface area contributed by atoms with E-state index in [2.05, 4.69) is 27.8 Å². The summed E-state index contributed by atoms with van der Waals surface area (Å²) in [5.74, 6) is 2.49. The first kappa shape index (κ1) is 30.9. The number of ether oxygens (including phenoxy) is 4. The highest BCUT2D eigenvalue weighted by molar-refractivity contribution is 5.74. The molecule has 0 atom stereocenters. The summed E-state index contributed by atoms with van der Waals surface area (Å²) in [6.07, 6.45) is 3.17. The average Bonchev–Trinajstić information content (AvgIpc) is 3.06. The molecule has 5 rings (SSSR count). The molecule has 10 heteroatoms. The molecule has 2 heterocycles. The molecule has 3 aromatic carbocycles. The predicted octanol–water partition coefficient (Wildman–Crippen LogP) is 4.96. The van der Waals surface area contributed by atoms with Gasteiger partial charge in [0.2, 0.25) is 5.91 Å². The van der Waals surface area contributed by atoms with Gasteiger partial charge >= 0.3 is 0 Å². The summed E-state index contributed by atoms with van der Waals surface area (Å²) >= 11 is 0. The molecule has 0 saturated heterocycles. The highest BCUT2D eigenvalue weighted by Gasteiger charge is 2.17. The Labute approximate surface area is 262 Å². The molecule has 1 amide bonds. The van der Waals surface area contributed by atoms with Crippen molar-refractivity contribution in [3.05, 3.63) is 100 Å². The van der Waals surface area contributed by atoms with Gasteiger partial charge in [0.1, 0.15) is 50.1 Å². The van der Waals surface area contributed by atoms with Gasteiger partial charge in [0.25, 0.3) is 0 Å². The lowest BCUT2D eigenvalue weighted by molar-refractivity contribution is -0.118. The number of pyridine rings is 1. The largest absolute Gasteiger partial charge is 0.488 e. The second-order valence-corrected chi connectivity index (χ2v) is 10.5. The number of nitrogens with one attached hydrogen (secondary N) is 2. The minimum Gasteiger partial charge on any atom is -0.488 e. The average molecular weight is 604 g/mol. The van der Waals surface area contributed by atoms with Crippen molar-refractivity contribution in [1.29, 1.82) is 10.5 Å². The Balaban J connectivity index is 1.36. The van der Waals surface area contributed by atoms with E-state index >= 15 is 0 Å². The molecule has 228 valence electrons. The molecular formula is C35H33N5O5. The predicted molar refractivity (Wildman–Crippen MR) is 167 cm³/mol. The topological polar surface area (TPSA) is 139 Å². The summed E-state index contributed by atoms with van der Waals surface area (Å²) < 4.78 is 23.9. The van der Waals surface area contributed by atoms with Crippen molar-refractivity contribution in [3.63, 3.8) is 0 Å². The molecule has 1 aliphatic rings. The first-order valence-corrected chi connectivity index (χ1v) is 14.6. The van der Waals surface area contributed by atoms with E-state index in [0.29, 0.717) is 67.0 Å². The van der Waals surface area contributed by atoms with E-state index in [1.54, 1.807) is 12.3 Å². The second kappa shape index (κ2) is 14.7. The van der Waals surface area contributed by atoms with Crippen molar-refractivity contribution >= 4 is 5.91 Å². The van der Waals surface area contributed by atoms with Crippen LogP contribution in [0.5, 0.6) is 23.0 Å². The van der Waals surface area contributed by atoms with E-state index < -0.39 is 0 Å². The fourth-order valence-corrected chi connectivity index (χ4v) is 4.96. The standard InChI is InChI=1S/C35H33N5O5/c1-23-12-29(20-38-8-9-40-24(2)41)34(44-21-26-13-25(16-36)18-39-19-26)15-33(23)45-22-28-4-3-5-30(31(28)17-37)27-6-7-32-35(14-27)43-11-10-42-32/h3-7,12-15,18-19,38H,8-11,20-22H2,1-2H3,(H,40,41). The third-order valence-electron chi connectivity index (χ3n) is 7.17. The highest BCUT2D eigenvalue weighted by Crippen LogP contribution is 2.37. The van der Waals surface area contributed by atoms with Crippen LogP contribution in [-0.4, -0.2) is 37.2 Å². The summed E-state index contributed by atoms with van der Waals surface area (Å²) in [6.45, 7) is 6.40. The maximum absolute atomic E-state index is 11.2. The molecule has 0 unspecified atom stereocenters. The molecule has 0 fully saturated rings. The Kier molecular flexibility index (Phi) is 10.1. The number of fused-ring (bicyclic) bond motifs is 1. The zero-order valence-electron chi connectivity index (χ0n) is 25.2. The molecule has 1 aromatic heterocycles.